The summed E-state index contributed by atoms with van der Waals surface area (Å²) >= 11 is 0. The van der Waals surface area contributed by atoms with Crippen molar-refractivity contribution in [2.24, 2.45) is 5.92 Å². The van der Waals surface area contributed by atoms with Crippen LogP contribution in [0.1, 0.15) is 38.2 Å². The summed E-state index contributed by atoms with van der Waals surface area (Å²) in [7, 11) is 0. The molecule has 1 heterocycles. The van der Waals surface area contributed by atoms with Gasteiger partial charge in [-0.1, -0.05) is 19.9 Å². The van der Waals surface area contributed by atoms with E-state index in [4.69, 9.17) is 4.74 Å². The number of ether oxygens (including phenoxy) is 1. The van der Waals surface area contributed by atoms with Gasteiger partial charge in [0, 0.05) is 12.6 Å². The fraction of sp³-hybridized carbons (Fsp3) is 0.571. The standard InChI is InChI=1S/C14H22N2O3/c1-9(2)12(17)8-15-14(18)11-6-5-7-13(16-11)19-10(3)4/h5-7,9-10,12,17H,8H2,1-4H3,(H,15,18). The Bertz CT molecular complexity index is 419. The fourth-order valence-corrected chi connectivity index (χ4v) is 1.37. The van der Waals surface area contributed by atoms with Crippen molar-refractivity contribution in [2.45, 2.75) is 39.9 Å². The van der Waals surface area contributed by atoms with Crippen LogP contribution in [-0.4, -0.2) is 34.8 Å². The highest BCUT2D eigenvalue weighted by molar-refractivity contribution is 5.92. The molecule has 5 nitrogen and oxygen atoms in total. The van der Waals surface area contributed by atoms with E-state index in [1.165, 1.54) is 0 Å². The maximum absolute atomic E-state index is 11.9. The molecule has 0 aliphatic rings. The van der Waals surface area contributed by atoms with Gasteiger partial charge in [-0.15, -0.1) is 0 Å². The van der Waals surface area contributed by atoms with E-state index in [0.29, 0.717) is 5.88 Å². The van der Waals surface area contributed by atoms with E-state index in [2.05, 4.69) is 10.3 Å². The Morgan fingerprint density at radius 2 is 2.05 bits per heavy atom. The van der Waals surface area contributed by atoms with Crippen LogP contribution in [0, 0.1) is 5.92 Å². The molecule has 0 saturated heterocycles. The number of rotatable bonds is 6. The Labute approximate surface area is 114 Å². The van der Waals surface area contributed by atoms with Gasteiger partial charge in [-0.05, 0) is 25.8 Å². The Kier molecular flexibility index (Phi) is 5.76. The van der Waals surface area contributed by atoms with Crippen molar-refractivity contribution in [2.75, 3.05) is 6.54 Å². The Morgan fingerprint density at radius 3 is 2.63 bits per heavy atom. The number of aliphatic hydroxyl groups is 1. The average molecular weight is 266 g/mol. The van der Waals surface area contributed by atoms with Gasteiger partial charge in [-0.25, -0.2) is 4.98 Å². The summed E-state index contributed by atoms with van der Waals surface area (Å²) in [4.78, 5) is 16.0. The molecular formula is C14H22N2O3. The highest BCUT2D eigenvalue weighted by Gasteiger charge is 2.13. The van der Waals surface area contributed by atoms with Crippen LogP contribution in [0.15, 0.2) is 18.2 Å². The molecule has 1 rings (SSSR count). The first kappa shape index (κ1) is 15.4. The lowest BCUT2D eigenvalue weighted by Gasteiger charge is -2.15. The molecule has 0 spiro atoms. The first-order valence-corrected chi connectivity index (χ1v) is 6.50. The van der Waals surface area contributed by atoms with Crippen molar-refractivity contribution in [3.05, 3.63) is 23.9 Å². The van der Waals surface area contributed by atoms with Crippen LogP contribution in [-0.2, 0) is 0 Å². The molecular weight excluding hydrogens is 244 g/mol. The van der Waals surface area contributed by atoms with Gasteiger partial charge in [0.1, 0.15) is 5.69 Å². The van der Waals surface area contributed by atoms with Crippen LogP contribution in [0.4, 0.5) is 0 Å². The lowest BCUT2D eigenvalue weighted by Crippen LogP contribution is -2.35. The molecule has 1 unspecified atom stereocenters. The van der Waals surface area contributed by atoms with Crippen molar-refractivity contribution < 1.29 is 14.6 Å². The van der Waals surface area contributed by atoms with Crippen LogP contribution in [0.3, 0.4) is 0 Å². The van der Waals surface area contributed by atoms with Crippen molar-refractivity contribution >= 4 is 5.91 Å². The molecule has 0 saturated carbocycles. The van der Waals surface area contributed by atoms with Gasteiger partial charge in [0.25, 0.3) is 5.91 Å². The molecule has 5 heteroatoms. The molecule has 1 aromatic heterocycles. The van der Waals surface area contributed by atoms with Gasteiger partial charge in [0.2, 0.25) is 5.88 Å². The van der Waals surface area contributed by atoms with Crippen molar-refractivity contribution in [3.63, 3.8) is 0 Å². The minimum atomic E-state index is -0.556. The van der Waals surface area contributed by atoms with Gasteiger partial charge in [-0.3, -0.25) is 4.79 Å². The third-order valence-corrected chi connectivity index (χ3v) is 2.55. The summed E-state index contributed by atoms with van der Waals surface area (Å²) < 4.78 is 5.43. The summed E-state index contributed by atoms with van der Waals surface area (Å²) in [5.74, 6) is 0.213. The van der Waals surface area contributed by atoms with Gasteiger partial charge in [0.05, 0.1) is 12.2 Å². The molecule has 0 radical (unpaired) electrons. The molecule has 106 valence electrons. The average Bonchev–Trinajstić information content (AvgIpc) is 2.34. The number of aromatic nitrogens is 1. The molecule has 0 aliphatic carbocycles. The molecule has 1 aromatic rings. The minimum absolute atomic E-state index is 0.00794. The molecule has 0 aliphatic heterocycles. The molecule has 0 aromatic carbocycles. The maximum Gasteiger partial charge on any atom is 0.270 e. The Balaban J connectivity index is 2.61. The Morgan fingerprint density at radius 1 is 1.37 bits per heavy atom. The summed E-state index contributed by atoms with van der Waals surface area (Å²) in [6.45, 7) is 7.80. The SMILES string of the molecule is CC(C)Oc1cccc(C(=O)NCC(O)C(C)C)n1. The number of amides is 1. The van der Waals surface area contributed by atoms with E-state index in [0.717, 1.165) is 0 Å². The lowest BCUT2D eigenvalue weighted by molar-refractivity contribution is 0.0865. The highest BCUT2D eigenvalue weighted by Crippen LogP contribution is 2.09. The number of carbonyl (C=O) groups is 1. The number of nitrogens with one attached hydrogen (secondary N) is 1. The van der Waals surface area contributed by atoms with Crippen LogP contribution in [0.5, 0.6) is 5.88 Å². The predicted molar refractivity (Wildman–Crippen MR) is 73.2 cm³/mol. The summed E-state index contributed by atoms with van der Waals surface area (Å²) in [5.41, 5.74) is 0.286. The third-order valence-electron chi connectivity index (χ3n) is 2.55. The second-order valence-electron chi connectivity index (χ2n) is 5.05. The fourth-order valence-electron chi connectivity index (χ4n) is 1.37. The first-order chi connectivity index (χ1) is 8.90. The van der Waals surface area contributed by atoms with E-state index < -0.39 is 6.10 Å². The summed E-state index contributed by atoms with van der Waals surface area (Å²) in [5, 5.41) is 12.3. The van der Waals surface area contributed by atoms with Gasteiger partial charge in [0.15, 0.2) is 0 Å². The van der Waals surface area contributed by atoms with Gasteiger partial charge in [-0.2, -0.15) is 0 Å². The summed E-state index contributed by atoms with van der Waals surface area (Å²) in [6.07, 6.45) is -0.548. The highest BCUT2D eigenvalue weighted by atomic mass is 16.5. The zero-order valence-corrected chi connectivity index (χ0v) is 11.9. The van der Waals surface area contributed by atoms with Crippen LogP contribution in [0.2, 0.25) is 0 Å². The largest absolute Gasteiger partial charge is 0.475 e. The smallest absolute Gasteiger partial charge is 0.270 e. The van der Waals surface area contributed by atoms with Crippen molar-refractivity contribution in [1.82, 2.24) is 10.3 Å². The van der Waals surface area contributed by atoms with Crippen LogP contribution in [0.25, 0.3) is 0 Å². The van der Waals surface area contributed by atoms with Crippen LogP contribution < -0.4 is 10.1 Å². The van der Waals surface area contributed by atoms with Gasteiger partial charge >= 0.3 is 0 Å². The number of hydrogen-bond acceptors (Lipinski definition) is 4. The second kappa shape index (κ2) is 7.09. The minimum Gasteiger partial charge on any atom is -0.475 e. The lowest BCUT2D eigenvalue weighted by atomic mass is 10.1. The third kappa shape index (κ3) is 5.26. The molecule has 1 atom stereocenters. The Hall–Kier alpha value is -1.62. The number of aliphatic hydroxyl groups excluding tert-OH is 1. The van der Waals surface area contributed by atoms with Crippen LogP contribution >= 0.6 is 0 Å². The van der Waals surface area contributed by atoms with E-state index >= 15 is 0 Å². The van der Waals surface area contributed by atoms with E-state index in [1.54, 1.807) is 18.2 Å². The zero-order chi connectivity index (χ0) is 14.4. The quantitative estimate of drug-likeness (QED) is 0.820. The topological polar surface area (TPSA) is 71.5 Å². The van der Waals surface area contributed by atoms with Crippen molar-refractivity contribution in [3.8, 4) is 5.88 Å². The van der Waals surface area contributed by atoms with Crippen molar-refractivity contribution in [1.29, 1.82) is 0 Å². The molecule has 0 fully saturated rings. The summed E-state index contributed by atoms with van der Waals surface area (Å²) in [6, 6.07) is 5.04. The zero-order valence-electron chi connectivity index (χ0n) is 11.9. The monoisotopic (exact) mass is 266 g/mol. The maximum atomic E-state index is 11.9. The number of nitrogens with zero attached hydrogens (tertiary/aromatic N) is 1. The second-order valence-corrected chi connectivity index (χ2v) is 5.05. The molecule has 2 N–H and O–H groups in total. The molecule has 0 bridgehead atoms. The predicted octanol–water partition coefficient (Wildman–Crippen LogP) is 1.62. The van der Waals surface area contributed by atoms with E-state index in [9.17, 15) is 9.90 Å². The first-order valence-electron chi connectivity index (χ1n) is 6.50. The van der Waals surface area contributed by atoms with Gasteiger partial charge < -0.3 is 15.2 Å². The number of carbonyl (C=O) groups excluding carboxylic acids is 1. The molecule has 19 heavy (non-hydrogen) atoms. The van der Waals surface area contributed by atoms with E-state index in [-0.39, 0.29) is 30.2 Å². The number of hydrogen-bond donors (Lipinski definition) is 2. The normalized spacial score (nSPS) is 12.6. The van der Waals surface area contributed by atoms with E-state index in [1.807, 2.05) is 27.7 Å². The molecule has 1 amide bonds. The number of pyridine rings is 1.